The Bertz CT molecular complexity index is 712. The van der Waals surface area contributed by atoms with Crippen LogP contribution in [-0.2, 0) is 0 Å². The van der Waals surface area contributed by atoms with E-state index in [0.29, 0.717) is 0 Å². The molecule has 0 aliphatic rings. The van der Waals surface area contributed by atoms with Gasteiger partial charge >= 0.3 is 0 Å². The van der Waals surface area contributed by atoms with Crippen molar-refractivity contribution in [2.45, 2.75) is 5.92 Å². The van der Waals surface area contributed by atoms with Crippen LogP contribution in [0.15, 0.2) is 78.9 Å². The van der Waals surface area contributed by atoms with Crippen LogP contribution in [0.3, 0.4) is 0 Å². The van der Waals surface area contributed by atoms with E-state index in [0.717, 1.165) is 17.1 Å². The number of rotatable bonds is 5. The average Bonchev–Trinajstić information content (AvgIpc) is 2.64. The molecule has 0 aromatic heterocycles. The predicted molar refractivity (Wildman–Crippen MR) is 93.4 cm³/mol. The third-order valence-electron chi connectivity index (χ3n) is 4.02. The van der Waals surface area contributed by atoms with Crippen LogP contribution in [0.1, 0.15) is 22.6 Å². The van der Waals surface area contributed by atoms with E-state index in [1.165, 1.54) is 11.1 Å². The molecule has 0 atom stereocenters. The third kappa shape index (κ3) is 3.21. The second kappa shape index (κ2) is 7.01. The molecule has 0 spiro atoms. The molecule has 0 amide bonds. The van der Waals surface area contributed by atoms with E-state index in [9.17, 15) is 0 Å². The molecule has 3 aromatic rings. The van der Waals surface area contributed by atoms with Gasteiger partial charge in [-0.3, -0.25) is 0 Å². The zero-order valence-electron chi connectivity index (χ0n) is 13.4. The summed E-state index contributed by atoms with van der Waals surface area (Å²) in [5.41, 5.74) is 3.61. The number of methoxy groups -OCH3 is 2. The van der Waals surface area contributed by atoms with Crippen LogP contribution < -0.4 is 9.47 Å². The van der Waals surface area contributed by atoms with E-state index < -0.39 is 0 Å². The molecule has 2 heteroatoms. The molecule has 0 unspecified atom stereocenters. The van der Waals surface area contributed by atoms with E-state index in [1.807, 2.05) is 24.3 Å². The second-order valence-electron chi connectivity index (χ2n) is 5.36. The molecular formula is C21H20O2. The maximum atomic E-state index is 5.63. The normalized spacial score (nSPS) is 10.6. The predicted octanol–water partition coefficient (Wildman–Crippen LogP) is 4.88. The molecule has 0 saturated carbocycles. The summed E-state index contributed by atoms with van der Waals surface area (Å²) >= 11 is 0. The number of benzene rings is 3. The van der Waals surface area contributed by atoms with Crippen molar-refractivity contribution in [2.75, 3.05) is 14.2 Å². The van der Waals surface area contributed by atoms with Gasteiger partial charge in [-0.25, -0.2) is 0 Å². The van der Waals surface area contributed by atoms with E-state index in [-0.39, 0.29) is 5.92 Å². The highest BCUT2D eigenvalue weighted by molar-refractivity contribution is 5.51. The smallest absolute Gasteiger partial charge is 0.126 e. The van der Waals surface area contributed by atoms with Crippen molar-refractivity contribution in [1.82, 2.24) is 0 Å². The minimum Gasteiger partial charge on any atom is -0.497 e. The molecule has 116 valence electrons. The summed E-state index contributed by atoms with van der Waals surface area (Å²) in [6.45, 7) is 0. The zero-order chi connectivity index (χ0) is 16.1. The molecule has 0 aliphatic carbocycles. The van der Waals surface area contributed by atoms with Gasteiger partial charge in [0.2, 0.25) is 0 Å². The summed E-state index contributed by atoms with van der Waals surface area (Å²) < 4.78 is 11.0. The fourth-order valence-corrected chi connectivity index (χ4v) is 2.90. The van der Waals surface area contributed by atoms with Gasteiger partial charge in [-0.05, 0) is 17.2 Å². The largest absolute Gasteiger partial charge is 0.497 e. The van der Waals surface area contributed by atoms with Crippen LogP contribution in [0.25, 0.3) is 0 Å². The first kappa shape index (κ1) is 15.2. The van der Waals surface area contributed by atoms with Crippen LogP contribution in [0.5, 0.6) is 11.5 Å². The van der Waals surface area contributed by atoms with Gasteiger partial charge in [0, 0.05) is 17.5 Å². The Morgan fingerprint density at radius 2 is 1.22 bits per heavy atom. The van der Waals surface area contributed by atoms with Gasteiger partial charge in [-0.1, -0.05) is 66.7 Å². The van der Waals surface area contributed by atoms with Crippen LogP contribution in [0.4, 0.5) is 0 Å². The quantitative estimate of drug-likeness (QED) is 0.625. The first-order valence-corrected chi connectivity index (χ1v) is 7.65. The summed E-state index contributed by atoms with van der Waals surface area (Å²) in [5, 5.41) is 0. The molecule has 0 heterocycles. The van der Waals surface area contributed by atoms with Crippen LogP contribution in [0, 0.1) is 0 Å². The SMILES string of the molecule is COc1ccc(C(c2ccccc2)c2ccccc2)c(OC)c1. The lowest BCUT2D eigenvalue weighted by molar-refractivity contribution is 0.390. The minimum atomic E-state index is 0.123. The van der Waals surface area contributed by atoms with Gasteiger partial charge in [-0.2, -0.15) is 0 Å². The lowest BCUT2D eigenvalue weighted by Gasteiger charge is -2.21. The van der Waals surface area contributed by atoms with Gasteiger partial charge in [0.05, 0.1) is 14.2 Å². The highest BCUT2D eigenvalue weighted by Crippen LogP contribution is 2.38. The summed E-state index contributed by atoms with van der Waals surface area (Å²) in [6.07, 6.45) is 0. The zero-order valence-corrected chi connectivity index (χ0v) is 13.4. The van der Waals surface area contributed by atoms with Gasteiger partial charge in [-0.15, -0.1) is 0 Å². The maximum Gasteiger partial charge on any atom is 0.126 e. The molecule has 2 nitrogen and oxygen atoms in total. The van der Waals surface area contributed by atoms with Gasteiger partial charge < -0.3 is 9.47 Å². The topological polar surface area (TPSA) is 18.5 Å². The fourth-order valence-electron chi connectivity index (χ4n) is 2.90. The summed E-state index contributed by atoms with van der Waals surface area (Å²) in [5.74, 6) is 1.76. The minimum absolute atomic E-state index is 0.123. The number of hydrogen-bond donors (Lipinski definition) is 0. The average molecular weight is 304 g/mol. The molecule has 0 aliphatic heterocycles. The molecule has 0 radical (unpaired) electrons. The molecule has 3 rings (SSSR count). The van der Waals surface area contributed by atoms with E-state index in [1.54, 1.807) is 14.2 Å². The first-order chi connectivity index (χ1) is 11.3. The van der Waals surface area contributed by atoms with Crippen molar-refractivity contribution in [1.29, 1.82) is 0 Å². The Morgan fingerprint density at radius 1 is 0.652 bits per heavy atom. The molecule has 3 aromatic carbocycles. The molecule has 0 fully saturated rings. The van der Waals surface area contributed by atoms with Gasteiger partial charge in [0.15, 0.2) is 0 Å². The monoisotopic (exact) mass is 304 g/mol. The Hall–Kier alpha value is -2.74. The fraction of sp³-hybridized carbons (Fsp3) is 0.143. The van der Waals surface area contributed by atoms with Crippen molar-refractivity contribution in [3.63, 3.8) is 0 Å². The molecule has 0 saturated heterocycles. The van der Waals surface area contributed by atoms with Crippen molar-refractivity contribution in [3.05, 3.63) is 95.6 Å². The Balaban J connectivity index is 2.17. The van der Waals surface area contributed by atoms with Crippen LogP contribution in [0.2, 0.25) is 0 Å². The first-order valence-electron chi connectivity index (χ1n) is 7.65. The number of hydrogen-bond acceptors (Lipinski definition) is 2. The Kier molecular flexibility index (Phi) is 4.62. The Morgan fingerprint density at radius 3 is 1.70 bits per heavy atom. The number of ether oxygens (including phenoxy) is 2. The lowest BCUT2D eigenvalue weighted by atomic mass is 9.84. The van der Waals surface area contributed by atoms with Gasteiger partial charge in [0.25, 0.3) is 0 Å². The molecule has 0 N–H and O–H groups in total. The van der Waals surface area contributed by atoms with Crippen molar-refractivity contribution < 1.29 is 9.47 Å². The maximum absolute atomic E-state index is 5.63. The summed E-state index contributed by atoms with van der Waals surface area (Å²) in [6, 6.07) is 27.0. The highest BCUT2D eigenvalue weighted by Gasteiger charge is 2.20. The van der Waals surface area contributed by atoms with Crippen molar-refractivity contribution in [2.24, 2.45) is 0 Å². The van der Waals surface area contributed by atoms with E-state index in [4.69, 9.17) is 9.47 Å². The molecule has 23 heavy (non-hydrogen) atoms. The Labute approximate surface area is 137 Å². The van der Waals surface area contributed by atoms with Crippen molar-refractivity contribution >= 4 is 0 Å². The van der Waals surface area contributed by atoms with E-state index >= 15 is 0 Å². The van der Waals surface area contributed by atoms with E-state index in [2.05, 4.69) is 54.6 Å². The summed E-state index contributed by atoms with van der Waals surface area (Å²) in [4.78, 5) is 0. The second-order valence-corrected chi connectivity index (χ2v) is 5.36. The molecule has 0 bridgehead atoms. The standard InChI is InChI=1S/C21H20O2/c1-22-18-13-14-19(20(15-18)23-2)21(16-9-5-3-6-10-16)17-11-7-4-8-12-17/h3-15,21H,1-2H3. The highest BCUT2D eigenvalue weighted by atomic mass is 16.5. The third-order valence-corrected chi connectivity index (χ3v) is 4.02. The van der Waals surface area contributed by atoms with Crippen LogP contribution >= 0.6 is 0 Å². The van der Waals surface area contributed by atoms with Crippen molar-refractivity contribution in [3.8, 4) is 11.5 Å². The summed E-state index contributed by atoms with van der Waals surface area (Å²) in [7, 11) is 3.37. The lowest BCUT2D eigenvalue weighted by Crippen LogP contribution is -2.05. The molecular weight excluding hydrogens is 284 g/mol. The van der Waals surface area contributed by atoms with Gasteiger partial charge in [0.1, 0.15) is 11.5 Å². The van der Waals surface area contributed by atoms with Crippen LogP contribution in [-0.4, -0.2) is 14.2 Å².